The molecule has 1 aliphatic rings. The third-order valence-electron chi connectivity index (χ3n) is 5.06. The van der Waals surface area contributed by atoms with Gasteiger partial charge < -0.3 is 10.2 Å². The first kappa shape index (κ1) is 16.8. The van der Waals surface area contributed by atoms with Crippen LogP contribution in [0.2, 0.25) is 0 Å². The monoisotopic (exact) mass is 346 g/mol. The number of piperidine rings is 1. The minimum atomic E-state index is 0.862. The highest BCUT2D eigenvalue weighted by molar-refractivity contribution is 5.90. The lowest BCUT2D eigenvalue weighted by atomic mass is 10.1. The summed E-state index contributed by atoms with van der Waals surface area (Å²) in [7, 11) is 0. The molecule has 0 bridgehead atoms. The van der Waals surface area contributed by atoms with Gasteiger partial charge in [0.2, 0.25) is 5.95 Å². The lowest BCUT2D eigenvalue weighted by Crippen LogP contribution is -2.31. The Balaban J connectivity index is 1.55. The van der Waals surface area contributed by atoms with Crippen LogP contribution in [-0.2, 0) is 6.42 Å². The summed E-state index contributed by atoms with van der Waals surface area (Å²) in [5.41, 5.74) is 3.66. The van der Waals surface area contributed by atoms with Crippen LogP contribution in [0.5, 0.6) is 0 Å². The van der Waals surface area contributed by atoms with Gasteiger partial charge in [0.25, 0.3) is 0 Å². The molecule has 1 N–H and O–H groups in total. The summed E-state index contributed by atoms with van der Waals surface area (Å²) in [6.07, 6.45) is 4.75. The van der Waals surface area contributed by atoms with Crippen molar-refractivity contribution in [2.75, 3.05) is 29.9 Å². The minimum Gasteiger partial charge on any atom is -0.369 e. The average molecular weight is 346 g/mol. The molecular weight excluding hydrogens is 320 g/mol. The Labute approximate surface area is 155 Å². The summed E-state index contributed by atoms with van der Waals surface area (Å²) in [5.74, 6) is 1.81. The van der Waals surface area contributed by atoms with Crippen LogP contribution in [0.4, 0.5) is 11.8 Å². The third-order valence-corrected chi connectivity index (χ3v) is 5.06. The molecule has 2 heterocycles. The van der Waals surface area contributed by atoms with Gasteiger partial charge in [0.1, 0.15) is 5.82 Å². The van der Waals surface area contributed by atoms with Crippen LogP contribution >= 0.6 is 0 Å². The molecule has 26 heavy (non-hydrogen) atoms. The Morgan fingerprint density at radius 3 is 2.50 bits per heavy atom. The maximum atomic E-state index is 4.87. The largest absolute Gasteiger partial charge is 0.369 e. The zero-order valence-electron chi connectivity index (χ0n) is 15.4. The molecule has 0 saturated carbocycles. The zero-order chi connectivity index (χ0) is 17.8. The van der Waals surface area contributed by atoms with Crippen molar-refractivity contribution >= 4 is 22.7 Å². The Bertz CT molecular complexity index is 867. The quantitative estimate of drug-likeness (QED) is 0.734. The van der Waals surface area contributed by atoms with Crippen LogP contribution in [0.3, 0.4) is 0 Å². The molecule has 0 radical (unpaired) electrons. The average Bonchev–Trinajstić information content (AvgIpc) is 2.70. The molecule has 1 aromatic heterocycles. The van der Waals surface area contributed by atoms with Crippen LogP contribution in [0.15, 0.2) is 48.5 Å². The Morgan fingerprint density at radius 2 is 1.69 bits per heavy atom. The minimum absolute atomic E-state index is 0.862. The van der Waals surface area contributed by atoms with Crippen molar-refractivity contribution in [2.24, 2.45) is 0 Å². The molecule has 0 unspecified atom stereocenters. The number of benzene rings is 2. The van der Waals surface area contributed by atoms with Gasteiger partial charge >= 0.3 is 0 Å². The molecule has 0 spiro atoms. The molecule has 1 aliphatic heterocycles. The van der Waals surface area contributed by atoms with E-state index in [9.17, 15) is 0 Å². The SMILES string of the molecule is Cc1ccc(CCNc2nc(N3CCCCC3)nc3ccccc23)cc1. The van der Waals surface area contributed by atoms with E-state index in [0.29, 0.717) is 0 Å². The molecule has 134 valence electrons. The normalized spacial score (nSPS) is 14.6. The van der Waals surface area contributed by atoms with Crippen LogP contribution in [0.1, 0.15) is 30.4 Å². The topological polar surface area (TPSA) is 41.1 Å². The molecular formula is C22H26N4. The first-order valence-corrected chi connectivity index (χ1v) is 9.61. The van der Waals surface area contributed by atoms with Crippen LogP contribution in [-0.4, -0.2) is 29.6 Å². The Hall–Kier alpha value is -2.62. The number of hydrogen-bond acceptors (Lipinski definition) is 4. The summed E-state index contributed by atoms with van der Waals surface area (Å²) < 4.78 is 0. The fourth-order valence-corrected chi connectivity index (χ4v) is 3.51. The van der Waals surface area contributed by atoms with Gasteiger partial charge in [-0.15, -0.1) is 0 Å². The van der Waals surface area contributed by atoms with Crippen molar-refractivity contribution < 1.29 is 0 Å². The third kappa shape index (κ3) is 3.79. The molecule has 3 aromatic rings. The highest BCUT2D eigenvalue weighted by atomic mass is 15.3. The molecule has 1 saturated heterocycles. The van der Waals surface area contributed by atoms with E-state index in [0.717, 1.165) is 48.7 Å². The summed E-state index contributed by atoms with van der Waals surface area (Å²) in [4.78, 5) is 12.0. The summed E-state index contributed by atoms with van der Waals surface area (Å²) in [6, 6.07) is 17.0. The van der Waals surface area contributed by atoms with Crippen molar-refractivity contribution in [2.45, 2.75) is 32.6 Å². The lowest BCUT2D eigenvalue weighted by molar-refractivity contribution is 0.569. The number of aryl methyl sites for hydroxylation is 1. The molecule has 0 atom stereocenters. The van der Waals surface area contributed by atoms with Gasteiger partial charge in [-0.25, -0.2) is 4.98 Å². The number of para-hydroxylation sites is 1. The van der Waals surface area contributed by atoms with E-state index >= 15 is 0 Å². The van der Waals surface area contributed by atoms with Gasteiger partial charge in [-0.2, -0.15) is 4.98 Å². The molecule has 4 heteroatoms. The van der Waals surface area contributed by atoms with E-state index in [4.69, 9.17) is 9.97 Å². The summed E-state index contributed by atoms with van der Waals surface area (Å²) in [6.45, 7) is 5.10. The number of aromatic nitrogens is 2. The highest BCUT2D eigenvalue weighted by Gasteiger charge is 2.16. The van der Waals surface area contributed by atoms with E-state index in [1.165, 1.54) is 30.4 Å². The molecule has 4 nitrogen and oxygen atoms in total. The van der Waals surface area contributed by atoms with Gasteiger partial charge in [0.05, 0.1) is 5.52 Å². The highest BCUT2D eigenvalue weighted by Crippen LogP contribution is 2.25. The number of nitrogens with one attached hydrogen (secondary N) is 1. The second-order valence-electron chi connectivity index (χ2n) is 7.10. The second-order valence-corrected chi connectivity index (χ2v) is 7.10. The first-order chi connectivity index (χ1) is 12.8. The predicted octanol–water partition coefficient (Wildman–Crippen LogP) is 4.58. The van der Waals surface area contributed by atoms with Gasteiger partial charge in [-0.1, -0.05) is 42.0 Å². The molecule has 0 aliphatic carbocycles. The molecule has 2 aromatic carbocycles. The first-order valence-electron chi connectivity index (χ1n) is 9.61. The molecule has 1 fully saturated rings. The summed E-state index contributed by atoms with van der Waals surface area (Å²) >= 11 is 0. The second kappa shape index (κ2) is 7.73. The van der Waals surface area contributed by atoms with Crippen LogP contribution in [0.25, 0.3) is 10.9 Å². The van der Waals surface area contributed by atoms with Crippen LogP contribution in [0, 0.1) is 6.92 Å². The van der Waals surface area contributed by atoms with Gasteiger partial charge in [-0.05, 0) is 50.3 Å². The van der Waals surface area contributed by atoms with Crippen molar-refractivity contribution in [1.82, 2.24) is 9.97 Å². The number of anilines is 2. The Kier molecular flexibility index (Phi) is 5.00. The number of hydrogen-bond donors (Lipinski definition) is 1. The predicted molar refractivity (Wildman–Crippen MR) is 109 cm³/mol. The number of fused-ring (bicyclic) bond motifs is 1. The van der Waals surface area contributed by atoms with E-state index in [1.807, 2.05) is 6.07 Å². The van der Waals surface area contributed by atoms with Crippen molar-refractivity contribution in [3.8, 4) is 0 Å². The standard InChI is InChI=1S/C22H26N4/c1-17-9-11-18(12-10-17)13-14-23-21-19-7-3-4-8-20(19)24-22(25-21)26-15-5-2-6-16-26/h3-4,7-12H,2,5-6,13-16H2,1H3,(H,23,24,25). The van der Waals surface area contributed by atoms with E-state index in [2.05, 4.69) is 59.6 Å². The van der Waals surface area contributed by atoms with Crippen molar-refractivity contribution in [1.29, 1.82) is 0 Å². The maximum absolute atomic E-state index is 4.87. The lowest BCUT2D eigenvalue weighted by Gasteiger charge is -2.27. The van der Waals surface area contributed by atoms with Gasteiger partial charge in [0, 0.05) is 25.0 Å². The molecule has 4 rings (SSSR count). The van der Waals surface area contributed by atoms with E-state index < -0.39 is 0 Å². The fourth-order valence-electron chi connectivity index (χ4n) is 3.51. The number of nitrogens with zero attached hydrogens (tertiary/aromatic N) is 3. The summed E-state index contributed by atoms with van der Waals surface area (Å²) in [5, 5.41) is 4.65. The maximum Gasteiger partial charge on any atom is 0.227 e. The fraction of sp³-hybridized carbons (Fsp3) is 0.364. The van der Waals surface area contributed by atoms with E-state index in [-0.39, 0.29) is 0 Å². The molecule has 0 amide bonds. The van der Waals surface area contributed by atoms with E-state index in [1.54, 1.807) is 0 Å². The van der Waals surface area contributed by atoms with Crippen molar-refractivity contribution in [3.05, 3.63) is 59.7 Å². The number of rotatable bonds is 5. The smallest absolute Gasteiger partial charge is 0.227 e. The zero-order valence-corrected chi connectivity index (χ0v) is 15.4. The van der Waals surface area contributed by atoms with Gasteiger partial charge in [-0.3, -0.25) is 0 Å². The van der Waals surface area contributed by atoms with Crippen molar-refractivity contribution in [3.63, 3.8) is 0 Å². The van der Waals surface area contributed by atoms with Gasteiger partial charge in [0.15, 0.2) is 0 Å². The van der Waals surface area contributed by atoms with Crippen LogP contribution < -0.4 is 10.2 Å². The Morgan fingerprint density at radius 1 is 0.923 bits per heavy atom.